The van der Waals surface area contributed by atoms with Gasteiger partial charge in [-0.1, -0.05) is 66.7 Å². The van der Waals surface area contributed by atoms with Gasteiger partial charge in [-0.2, -0.15) is 0 Å². The zero-order valence-corrected chi connectivity index (χ0v) is 13.8. The molecular formula is C21H20N2O2. The molecule has 0 atom stereocenters. The second-order valence-corrected chi connectivity index (χ2v) is 5.84. The van der Waals surface area contributed by atoms with Gasteiger partial charge in [-0.25, -0.2) is 0 Å². The minimum atomic E-state index is -0.180. The molecule has 0 aliphatic carbocycles. The molecule has 0 aliphatic heterocycles. The first-order chi connectivity index (χ1) is 12.2. The molecule has 0 aliphatic rings. The Kier molecular flexibility index (Phi) is 5.42. The highest BCUT2D eigenvalue weighted by molar-refractivity contribution is 5.75. The highest BCUT2D eigenvalue weighted by atomic mass is 16.2. The maximum absolute atomic E-state index is 12.3. The zero-order chi connectivity index (χ0) is 17.5. The van der Waals surface area contributed by atoms with Crippen molar-refractivity contribution in [1.29, 1.82) is 0 Å². The van der Waals surface area contributed by atoms with Crippen LogP contribution in [0.4, 0.5) is 0 Å². The summed E-state index contributed by atoms with van der Waals surface area (Å²) in [5, 5.41) is 2.96. The van der Waals surface area contributed by atoms with Crippen molar-refractivity contribution in [3.63, 3.8) is 0 Å². The highest BCUT2D eigenvalue weighted by Gasteiger charge is 2.15. The van der Waals surface area contributed by atoms with Crippen LogP contribution in [0.3, 0.4) is 0 Å². The number of nitrogens with zero attached hydrogens (tertiary/aromatic N) is 1. The van der Waals surface area contributed by atoms with Crippen LogP contribution < -0.4 is 10.9 Å². The van der Waals surface area contributed by atoms with E-state index in [1.165, 1.54) is 10.6 Å². The molecule has 3 aromatic rings. The maximum atomic E-state index is 12.3. The summed E-state index contributed by atoms with van der Waals surface area (Å²) in [5.41, 5.74) is 2.11. The molecule has 0 bridgehead atoms. The Morgan fingerprint density at radius 3 is 1.96 bits per heavy atom. The summed E-state index contributed by atoms with van der Waals surface area (Å²) in [4.78, 5) is 24.0. The molecule has 1 amide bonds. The molecule has 0 radical (unpaired) electrons. The predicted octanol–water partition coefficient (Wildman–Crippen LogP) is 2.80. The second kappa shape index (κ2) is 8.11. The zero-order valence-electron chi connectivity index (χ0n) is 13.8. The summed E-state index contributed by atoms with van der Waals surface area (Å²) < 4.78 is 1.40. The second-order valence-electron chi connectivity index (χ2n) is 5.84. The number of hydrogen-bond donors (Lipinski definition) is 1. The molecule has 1 N–H and O–H groups in total. The number of pyridine rings is 1. The lowest BCUT2D eigenvalue weighted by molar-refractivity contribution is -0.121. The van der Waals surface area contributed by atoms with E-state index >= 15 is 0 Å². The molecule has 4 nitrogen and oxygen atoms in total. The molecule has 3 rings (SSSR count). The number of rotatable bonds is 6. The van der Waals surface area contributed by atoms with Crippen molar-refractivity contribution < 1.29 is 4.79 Å². The molecule has 0 fully saturated rings. The fourth-order valence-corrected chi connectivity index (χ4v) is 2.82. The van der Waals surface area contributed by atoms with Gasteiger partial charge in [0.1, 0.15) is 6.54 Å². The monoisotopic (exact) mass is 332 g/mol. The number of benzene rings is 2. The number of amides is 1. The molecule has 1 heterocycles. The Morgan fingerprint density at radius 2 is 1.40 bits per heavy atom. The molecule has 4 heteroatoms. The van der Waals surface area contributed by atoms with Crippen molar-refractivity contribution in [2.45, 2.75) is 12.5 Å². The van der Waals surface area contributed by atoms with Gasteiger partial charge in [-0.05, 0) is 17.2 Å². The van der Waals surface area contributed by atoms with Crippen LogP contribution in [0.5, 0.6) is 0 Å². The first kappa shape index (κ1) is 16.7. The van der Waals surface area contributed by atoms with E-state index in [2.05, 4.69) is 29.6 Å². The Labute approximate surface area is 146 Å². The first-order valence-electron chi connectivity index (χ1n) is 8.26. The Morgan fingerprint density at radius 1 is 0.840 bits per heavy atom. The van der Waals surface area contributed by atoms with Gasteiger partial charge in [0, 0.05) is 24.7 Å². The molecule has 0 saturated heterocycles. The average Bonchev–Trinajstić information content (AvgIpc) is 2.66. The van der Waals surface area contributed by atoms with Crippen molar-refractivity contribution in [2.24, 2.45) is 0 Å². The summed E-state index contributed by atoms with van der Waals surface area (Å²) >= 11 is 0. The maximum Gasteiger partial charge on any atom is 0.250 e. The standard InChI is InChI=1S/C21H20N2O2/c24-20(16-23-14-8-7-13-21(23)25)22-15-19(17-9-3-1-4-10-17)18-11-5-2-6-12-18/h1-14,19H,15-16H2,(H,22,24). The number of carbonyl (C=O) groups excluding carboxylic acids is 1. The number of aromatic nitrogens is 1. The van der Waals surface area contributed by atoms with Crippen molar-refractivity contribution >= 4 is 5.91 Å². The van der Waals surface area contributed by atoms with Gasteiger partial charge >= 0.3 is 0 Å². The van der Waals surface area contributed by atoms with Gasteiger partial charge in [0.15, 0.2) is 0 Å². The summed E-state index contributed by atoms with van der Waals surface area (Å²) in [5.74, 6) is -0.107. The quantitative estimate of drug-likeness (QED) is 0.755. The molecular weight excluding hydrogens is 312 g/mol. The minimum Gasteiger partial charge on any atom is -0.354 e. The topological polar surface area (TPSA) is 51.1 Å². The van der Waals surface area contributed by atoms with E-state index in [1.807, 2.05) is 36.4 Å². The molecule has 25 heavy (non-hydrogen) atoms. The largest absolute Gasteiger partial charge is 0.354 e. The van der Waals surface area contributed by atoms with Crippen molar-refractivity contribution in [2.75, 3.05) is 6.54 Å². The summed E-state index contributed by atoms with van der Waals surface area (Å²) in [7, 11) is 0. The predicted molar refractivity (Wildman–Crippen MR) is 98.4 cm³/mol. The lowest BCUT2D eigenvalue weighted by atomic mass is 9.91. The van der Waals surface area contributed by atoms with Gasteiger partial charge in [-0.15, -0.1) is 0 Å². The van der Waals surface area contributed by atoms with Crippen molar-refractivity contribution in [3.8, 4) is 0 Å². The van der Waals surface area contributed by atoms with E-state index in [9.17, 15) is 9.59 Å². The van der Waals surface area contributed by atoms with Gasteiger partial charge in [-0.3, -0.25) is 9.59 Å². The Hall–Kier alpha value is -3.14. The van der Waals surface area contributed by atoms with E-state index in [0.717, 1.165) is 11.1 Å². The molecule has 0 saturated carbocycles. The smallest absolute Gasteiger partial charge is 0.250 e. The van der Waals surface area contributed by atoms with E-state index in [1.54, 1.807) is 18.3 Å². The summed E-state index contributed by atoms with van der Waals surface area (Å²) in [6.45, 7) is 0.504. The average molecular weight is 332 g/mol. The summed E-state index contributed by atoms with van der Waals surface area (Å²) in [6, 6.07) is 25.0. The van der Waals surface area contributed by atoms with Gasteiger partial charge < -0.3 is 9.88 Å². The first-order valence-corrected chi connectivity index (χ1v) is 8.26. The van der Waals surface area contributed by atoms with Crippen LogP contribution >= 0.6 is 0 Å². The molecule has 126 valence electrons. The summed E-state index contributed by atoms with van der Waals surface area (Å²) in [6.07, 6.45) is 1.62. The number of nitrogens with one attached hydrogen (secondary N) is 1. The Balaban J connectivity index is 1.72. The van der Waals surface area contributed by atoms with Crippen LogP contribution in [-0.4, -0.2) is 17.0 Å². The van der Waals surface area contributed by atoms with Crippen molar-refractivity contribution in [3.05, 3.63) is 107 Å². The lowest BCUT2D eigenvalue weighted by Crippen LogP contribution is -2.34. The van der Waals surface area contributed by atoms with Crippen LogP contribution in [0.2, 0.25) is 0 Å². The fraction of sp³-hybridized carbons (Fsp3) is 0.143. The normalized spacial score (nSPS) is 10.6. The lowest BCUT2D eigenvalue weighted by Gasteiger charge is -2.19. The van der Waals surface area contributed by atoms with Crippen LogP contribution in [0.15, 0.2) is 89.9 Å². The van der Waals surface area contributed by atoms with Gasteiger partial charge in [0.2, 0.25) is 5.91 Å². The van der Waals surface area contributed by atoms with Crippen LogP contribution in [-0.2, 0) is 11.3 Å². The third kappa shape index (κ3) is 4.44. The van der Waals surface area contributed by atoms with Crippen LogP contribution in [0, 0.1) is 0 Å². The third-order valence-electron chi connectivity index (χ3n) is 4.12. The van der Waals surface area contributed by atoms with Crippen LogP contribution in [0.25, 0.3) is 0 Å². The molecule has 0 spiro atoms. The van der Waals surface area contributed by atoms with Crippen molar-refractivity contribution in [1.82, 2.24) is 9.88 Å². The fourth-order valence-electron chi connectivity index (χ4n) is 2.82. The number of hydrogen-bond acceptors (Lipinski definition) is 2. The molecule has 0 unspecified atom stereocenters. The molecule has 2 aromatic carbocycles. The third-order valence-corrected chi connectivity index (χ3v) is 4.12. The van der Waals surface area contributed by atoms with E-state index < -0.39 is 0 Å². The van der Waals surface area contributed by atoms with E-state index in [-0.39, 0.29) is 23.9 Å². The van der Waals surface area contributed by atoms with Gasteiger partial charge in [0.05, 0.1) is 0 Å². The SMILES string of the molecule is O=C(Cn1ccccc1=O)NCC(c1ccccc1)c1ccccc1. The highest BCUT2D eigenvalue weighted by Crippen LogP contribution is 2.23. The van der Waals surface area contributed by atoms with E-state index in [0.29, 0.717) is 6.54 Å². The Bertz CT molecular complexity index is 833. The number of carbonyl (C=O) groups is 1. The molecule has 1 aromatic heterocycles. The van der Waals surface area contributed by atoms with E-state index in [4.69, 9.17) is 0 Å². The minimum absolute atomic E-state index is 0.0238. The van der Waals surface area contributed by atoms with Gasteiger partial charge in [0.25, 0.3) is 5.56 Å². The van der Waals surface area contributed by atoms with Crippen LogP contribution in [0.1, 0.15) is 17.0 Å².